The van der Waals surface area contributed by atoms with Gasteiger partial charge in [-0.15, -0.1) is 35.3 Å². The molecule has 0 radical (unpaired) electrons. The summed E-state index contributed by atoms with van der Waals surface area (Å²) in [5.74, 6) is 1.63. The van der Waals surface area contributed by atoms with Crippen LogP contribution < -0.4 is 10.6 Å². The van der Waals surface area contributed by atoms with Crippen molar-refractivity contribution in [2.24, 2.45) is 4.99 Å². The zero-order valence-electron chi connectivity index (χ0n) is 17.6. The van der Waals surface area contributed by atoms with Crippen LogP contribution in [0.1, 0.15) is 33.6 Å². The van der Waals surface area contributed by atoms with Gasteiger partial charge in [-0.25, -0.2) is 9.67 Å². The molecule has 8 heteroatoms. The van der Waals surface area contributed by atoms with E-state index in [1.165, 1.54) is 9.75 Å². The Bertz CT molecular complexity index is 944. The molecule has 0 saturated carbocycles. The summed E-state index contributed by atoms with van der Waals surface area (Å²) >= 11 is 1.85. The number of nitrogens with zero attached hydrogens (tertiary/aromatic N) is 4. The molecule has 0 fully saturated rings. The monoisotopic (exact) mass is 524 g/mol. The van der Waals surface area contributed by atoms with Crippen molar-refractivity contribution in [2.75, 3.05) is 7.05 Å². The maximum atomic E-state index is 4.55. The van der Waals surface area contributed by atoms with Crippen molar-refractivity contribution in [3.8, 4) is 5.82 Å². The van der Waals surface area contributed by atoms with Crippen LogP contribution in [0, 0.1) is 20.8 Å². The molecule has 0 aliphatic carbocycles. The molecule has 0 bridgehead atoms. The van der Waals surface area contributed by atoms with E-state index in [4.69, 9.17) is 0 Å². The predicted molar refractivity (Wildman–Crippen MR) is 132 cm³/mol. The minimum atomic E-state index is 0. The number of pyridine rings is 1. The lowest BCUT2D eigenvalue weighted by Gasteiger charge is -2.17. The van der Waals surface area contributed by atoms with Crippen LogP contribution in [0.5, 0.6) is 0 Å². The van der Waals surface area contributed by atoms with E-state index in [1.54, 1.807) is 7.05 Å². The topological polar surface area (TPSA) is 67.1 Å². The second kappa shape index (κ2) is 10.7. The first-order valence-electron chi connectivity index (χ1n) is 9.45. The number of thiophene rings is 1. The smallest absolute Gasteiger partial charge is 0.191 e. The second-order valence-electron chi connectivity index (χ2n) is 7.05. The zero-order chi connectivity index (χ0) is 20.1. The maximum Gasteiger partial charge on any atom is 0.191 e. The molecule has 3 heterocycles. The lowest BCUT2D eigenvalue weighted by molar-refractivity contribution is 0.644. The van der Waals surface area contributed by atoms with Gasteiger partial charge in [-0.3, -0.25) is 4.99 Å². The number of hydrogen-bond donors (Lipinski definition) is 2. The lowest BCUT2D eigenvalue weighted by Crippen LogP contribution is -2.42. The van der Waals surface area contributed by atoms with Crippen molar-refractivity contribution in [2.45, 2.75) is 46.7 Å². The van der Waals surface area contributed by atoms with Crippen molar-refractivity contribution in [1.82, 2.24) is 25.4 Å². The van der Waals surface area contributed by atoms with Gasteiger partial charge in [0.25, 0.3) is 0 Å². The molecule has 3 aromatic rings. The fourth-order valence-corrected chi connectivity index (χ4v) is 4.09. The van der Waals surface area contributed by atoms with Gasteiger partial charge in [0.15, 0.2) is 11.8 Å². The van der Waals surface area contributed by atoms with Gasteiger partial charge in [0.05, 0.1) is 5.69 Å². The van der Waals surface area contributed by atoms with E-state index in [9.17, 15) is 0 Å². The molecular formula is C21H29IN6S. The van der Waals surface area contributed by atoms with Gasteiger partial charge in [0.1, 0.15) is 0 Å². The van der Waals surface area contributed by atoms with E-state index in [0.29, 0.717) is 12.6 Å². The standard InChI is InChI=1S/C21H28N6S.HI/c1-14(11-19-8-6-17(4)28-19)25-21(22-5)24-13-18-7-9-20(23-12-18)27-16(3)10-15(2)26-27;/h6-10,12,14H,11,13H2,1-5H3,(H2,22,24,25);1H. The Morgan fingerprint density at radius 2 is 2.00 bits per heavy atom. The highest BCUT2D eigenvalue weighted by Gasteiger charge is 2.09. The fourth-order valence-electron chi connectivity index (χ4n) is 3.07. The first kappa shape index (κ1) is 23.3. The number of hydrogen-bond acceptors (Lipinski definition) is 4. The Balaban J connectivity index is 0.00000300. The Hall–Kier alpha value is -1.94. The lowest BCUT2D eigenvalue weighted by atomic mass is 10.2. The van der Waals surface area contributed by atoms with Crippen molar-refractivity contribution in [3.63, 3.8) is 0 Å². The highest BCUT2D eigenvalue weighted by atomic mass is 127. The van der Waals surface area contributed by atoms with Crippen molar-refractivity contribution < 1.29 is 0 Å². The summed E-state index contributed by atoms with van der Waals surface area (Å²) < 4.78 is 1.86. The van der Waals surface area contributed by atoms with E-state index in [-0.39, 0.29) is 24.0 Å². The van der Waals surface area contributed by atoms with Crippen molar-refractivity contribution in [1.29, 1.82) is 0 Å². The van der Waals surface area contributed by atoms with Gasteiger partial charge < -0.3 is 10.6 Å². The number of aryl methyl sites for hydroxylation is 3. The molecule has 2 N–H and O–H groups in total. The number of rotatable bonds is 6. The second-order valence-corrected chi connectivity index (χ2v) is 8.42. The molecular weight excluding hydrogens is 495 g/mol. The van der Waals surface area contributed by atoms with Crippen molar-refractivity contribution >= 4 is 41.3 Å². The van der Waals surface area contributed by atoms with Crippen LogP contribution in [0.4, 0.5) is 0 Å². The average molecular weight is 524 g/mol. The van der Waals surface area contributed by atoms with E-state index in [1.807, 2.05) is 48.2 Å². The van der Waals surface area contributed by atoms with Gasteiger partial charge >= 0.3 is 0 Å². The third-order valence-corrected chi connectivity index (χ3v) is 5.43. The van der Waals surface area contributed by atoms with Gasteiger partial charge in [-0.2, -0.15) is 5.10 Å². The Morgan fingerprint density at radius 1 is 1.21 bits per heavy atom. The van der Waals surface area contributed by atoms with Crippen LogP contribution in [0.15, 0.2) is 41.5 Å². The highest BCUT2D eigenvalue weighted by Crippen LogP contribution is 2.16. The van der Waals surface area contributed by atoms with Crippen LogP contribution in [0.3, 0.4) is 0 Å². The summed E-state index contributed by atoms with van der Waals surface area (Å²) in [7, 11) is 1.79. The molecule has 3 aromatic heterocycles. The fraction of sp³-hybridized carbons (Fsp3) is 0.381. The molecule has 1 atom stereocenters. The van der Waals surface area contributed by atoms with Gasteiger partial charge in [-0.05, 0) is 57.5 Å². The maximum absolute atomic E-state index is 4.55. The minimum absolute atomic E-state index is 0. The van der Waals surface area contributed by atoms with Crippen LogP contribution in [0.25, 0.3) is 5.82 Å². The summed E-state index contributed by atoms with van der Waals surface area (Å²) in [5.41, 5.74) is 3.16. The molecule has 0 amide bonds. The first-order chi connectivity index (χ1) is 13.4. The molecule has 156 valence electrons. The van der Waals surface area contributed by atoms with Crippen LogP contribution in [-0.2, 0) is 13.0 Å². The Morgan fingerprint density at radius 3 is 2.55 bits per heavy atom. The molecule has 0 aliphatic heterocycles. The summed E-state index contributed by atoms with van der Waals surface area (Å²) in [5, 5.41) is 11.3. The third-order valence-electron chi connectivity index (χ3n) is 4.41. The number of aromatic nitrogens is 3. The SMILES string of the molecule is CN=C(NCc1ccc(-n2nc(C)cc2C)nc1)NC(C)Cc1ccc(C)s1.I. The molecule has 0 saturated heterocycles. The summed E-state index contributed by atoms with van der Waals surface area (Å²) in [4.78, 5) is 11.6. The van der Waals surface area contributed by atoms with Crippen LogP contribution in [-0.4, -0.2) is 33.8 Å². The van der Waals surface area contributed by atoms with Gasteiger partial charge in [0, 0.05) is 47.7 Å². The largest absolute Gasteiger partial charge is 0.354 e. The summed E-state index contributed by atoms with van der Waals surface area (Å²) in [6.45, 7) is 8.99. The molecule has 0 aromatic carbocycles. The quantitative estimate of drug-likeness (QED) is 0.289. The van der Waals surface area contributed by atoms with Crippen LogP contribution >= 0.6 is 35.3 Å². The number of nitrogens with one attached hydrogen (secondary N) is 2. The molecule has 0 spiro atoms. The van der Waals surface area contributed by atoms with E-state index >= 15 is 0 Å². The summed E-state index contributed by atoms with van der Waals surface area (Å²) in [6.07, 6.45) is 2.86. The normalized spacial score (nSPS) is 12.4. The molecule has 6 nitrogen and oxygen atoms in total. The Kier molecular flexibility index (Phi) is 8.63. The Labute approximate surface area is 193 Å². The first-order valence-corrected chi connectivity index (χ1v) is 10.3. The molecule has 0 aliphatic rings. The predicted octanol–water partition coefficient (Wildman–Crippen LogP) is 4.17. The average Bonchev–Trinajstić information content (AvgIpc) is 3.23. The van der Waals surface area contributed by atoms with Gasteiger partial charge in [-0.1, -0.05) is 6.07 Å². The van der Waals surface area contributed by atoms with E-state index in [2.05, 4.69) is 57.8 Å². The van der Waals surface area contributed by atoms with E-state index < -0.39 is 0 Å². The number of halogens is 1. The number of guanidine groups is 1. The third kappa shape index (κ3) is 6.53. The van der Waals surface area contributed by atoms with Crippen molar-refractivity contribution in [3.05, 3.63) is 63.2 Å². The molecule has 1 unspecified atom stereocenters. The zero-order valence-corrected chi connectivity index (χ0v) is 20.7. The molecule has 3 rings (SSSR count). The number of aliphatic imine (C=N–C) groups is 1. The molecule has 29 heavy (non-hydrogen) atoms. The minimum Gasteiger partial charge on any atom is -0.354 e. The van der Waals surface area contributed by atoms with Crippen LogP contribution in [0.2, 0.25) is 0 Å². The highest BCUT2D eigenvalue weighted by molar-refractivity contribution is 14.0. The van der Waals surface area contributed by atoms with E-state index in [0.717, 1.165) is 35.1 Å². The summed E-state index contributed by atoms with van der Waals surface area (Å²) in [6, 6.07) is 10.8. The van der Waals surface area contributed by atoms with Gasteiger partial charge in [0.2, 0.25) is 0 Å².